The molecule has 2 rings (SSSR count). The molecule has 0 spiro atoms. The second-order valence-corrected chi connectivity index (χ2v) is 4.41. The van der Waals surface area contributed by atoms with E-state index in [4.69, 9.17) is 35.4 Å². The van der Waals surface area contributed by atoms with Crippen molar-refractivity contribution in [1.82, 2.24) is 5.43 Å². The number of hydrazone groups is 1. The Kier molecular flexibility index (Phi) is 14.9. The zero-order valence-corrected chi connectivity index (χ0v) is 19.0. The molecule has 0 aromatic heterocycles. The van der Waals surface area contributed by atoms with E-state index in [9.17, 15) is 9.90 Å². The molecule has 0 radical (unpaired) electrons. The summed E-state index contributed by atoms with van der Waals surface area (Å²) < 4.78 is 4.98. The first kappa shape index (κ1) is 27.7. The van der Waals surface area contributed by atoms with Gasteiger partial charge in [0.1, 0.15) is 0 Å². The first-order valence-corrected chi connectivity index (χ1v) is 7.06. The van der Waals surface area contributed by atoms with E-state index in [0.717, 1.165) is 0 Å². The van der Waals surface area contributed by atoms with Crippen molar-refractivity contribution < 1.29 is 52.1 Å². The molecule has 13 nitrogen and oxygen atoms in total. The smallest absolute Gasteiger partial charge is 0.504 e. The van der Waals surface area contributed by atoms with Gasteiger partial charge in [-0.05, 0) is 24.3 Å². The molecule has 0 unspecified atom stereocenters. The van der Waals surface area contributed by atoms with E-state index >= 15 is 0 Å². The van der Waals surface area contributed by atoms with Gasteiger partial charge in [0.05, 0.1) is 23.5 Å². The van der Waals surface area contributed by atoms with Gasteiger partial charge in [0, 0.05) is 11.1 Å². The molecule has 2 N–H and O–H groups in total. The van der Waals surface area contributed by atoms with Gasteiger partial charge >= 0.3 is 27.3 Å². The third-order valence-corrected chi connectivity index (χ3v) is 2.66. The molecule has 2 aromatic rings. The SMILES string of the molecule is COc1cccc(C=NNC(=O)c2ccccc2)c1O.O=[N+]([O-])[O-].O=[N+]([O-])[O-].[Cd+2]. The number of amides is 1. The third kappa shape index (κ3) is 13.3. The van der Waals surface area contributed by atoms with Gasteiger partial charge in [0.15, 0.2) is 11.5 Å². The van der Waals surface area contributed by atoms with Crippen LogP contribution < -0.4 is 10.2 Å². The van der Waals surface area contributed by atoms with Gasteiger partial charge in [-0.2, -0.15) is 5.10 Å². The van der Waals surface area contributed by atoms with Crippen LogP contribution >= 0.6 is 0 Å². The van der Waals surface area contributed by atoms with Gasteiger partial charge in [-0.3, -0.25) is 4.79 Å². The first-order valence-electron chi connectivity index (χ1n) is 7.06. The standard InChI is InChI=1S/C15H14N2O3.Cd.2NO3/c1-20-13-9-5-8-12(14(13)18)10-16-17-15(19)11-6-3-2-4-7-11;;2*2-1(3)4/h2-10,18H,1H3,(H,17,19);;;/q;+2;2*-1. The summed E-state index contributed by atoms with van der Waals surface area (Å²) in [6.07, 6.45) is 1.36. The maximum atomic E-state index is 11.7. The van der Waals surface area contributed by atoms with Crippen LogP contribution in [0.2, 0.25) is 0 Å². The summed E-state index contributed by atoms with van der Waals surface area (Å²) in [6, 6.07) is 13.8. The maximum absolute atomic E-state index is 11.7. The van der Waals surface area contributed by atoms with Crippen LogP contribution in [-0.2, 0) is 27.3 Å². The molecule has 29 heavy (non-hydrogen) atoms. The molecule has 0 saturated heterocycles. The molecule has 0 aliphatic heterocycles. The fourth-order valence-electron chi connectivity index (χ4n) is 1.62. The van der Waals surface area contributed by atoms with Crippen LogP contribution in [0, 0.1) is 30.6 Å². The Morgan fingerprint density at radius 2 is 1.55 bits per heavy atom. The Hall–Kier alpha value is -3.50. The quantitative estimate of drug-likeness (QED) is 0.267. The van der Waals surface area contributed by atoms with Gasteiger partial charge in [-0.15, -0.1) is 0 Å². The number of phenols is 1. The van der Waals surface area contributed by atoms with E-state index in [0.29, 0.717) is 16.9 Å². The number of hydrogen-bond acceptors (Lipinski definition) is 10. The van der Waals surface area contributed by atoms with Crippen LogP contribution in [0.5, 0.6) is 11.5 Å². The molecule has 2 aromatic carbocycles. The number of rotatable bonds is 4. The van der Waals surface area contributed by atoms with Gasteiger partial charge in [0.25, 0.3) is 5.91 Å². The Labute approximate surface area is 183 Å². The number of benzene rings is 2. The number of nitrogens with zero attached hydrogens (tertiary/aromatic N) is 3. The fourth-order valence-corrected chi connectivity index (χ4v) is 1.62. The second-order valence-electron chi connectivity index (χ2n) is 4.41. The minimum Gasteiger partial charge on any atom is -0.504 e. The second kappa shape index (κ2) is 15.5. The Balaban J connectivity index is 0. The molecule has 0 bridgehead atoms. The molecular weight excluding hydrogens is 493 g/mol. The number of aromatic hydroxyl groups is 1. The Morgan fingerprint density at radius 3 is 2.03 bits per heavy atom. The summed E-state index contributed by atoms with van der Waals surface area (Å²) in [4.78, 5) is 28.2. The molecule has 14 heteroatoms. The average Bonchev–Trinajstić information content (AvgIpc) is 2.63. The van der Waals surface area contributed by atoms with Gasteiger partial charge < -0.3 is 40.5 Å². The predicted octanol–water partition coefficient (Wildman–Crippen LogP) is 1.68. The van der Waals surface area contributed by atoms with E-state index in [1.807, 2.05) is 6.07 Å². The number of carbonyl (C=O) groups excluding carboxylic acids is 1. The van der Waals surface area contributed by atoms with Crippen LogP contribution in [0.25, 0.3) is 0 Å². The van der Waals surface area contributed by atoms with Gasteiger partial charge in [-0.1, -0.05) is 24.3 Å². The van der Waals surface area contributed by atoms with Crippen molar-refractivity contribution in [2.24, 2.45) is 5.10 Å². The average molecular weight is 507 g/mol. The van der Waals surface area contributed by atoms with Crippen molar-refractivity contribution in [2.75, 3.05) is 7.11 Å². The molecule has 0 saturated carbocycles. The van der Waals surface area contributed by atoms with E-state index in [1.165, 1.54) is 13.3 Å². The number of nitrogens with one attached hydrogen (secondary N) is 1. The van der Waals surface area contributed by atoms with Crippen LogP contribution in [0.3, 0.4) is 0 Å². The minimum atomic E-state index is -1.75. The van der Waals surface area contributed by atoms with Crippen molar-refractivity contribution in [3.05, 3.63) is 90.3 Å². The summed E-state index contributed by atoms with van der Waals surface area (Å²) in [6.45, 7) is 0. The van der Waals surface area contributed by atoms with E-state index < -0.39 is 10.2 Å². The summed E-state index contributed by atoms with van der Waals surface area (Å²) in [5.41, 5.74) is 3.36. The summed E-state index contributed by atoms with van der Waals surface area (Å²) in [7, 11) is 1.47. The molecule has 1 amide bonds. The monoisotopic (exact) mass is 508 g/mol. The van der Waals surface area contributed by atoms with Crippen LogP contribution in [0.1, 0.15) is 15.9 Å². The molecule has 0 fully saturated rings. The van der Waals surface area contributed by atoms with E-state index in [2.05, 4.69) is 10.5 Å². The largest absolute Gasteiger partial charge is 2.00 e. The zero-order chi connectivity index (χ0) is 21.5. The summed E-state index contributed by atoms with van der Waals surface area (Å²) in [5, 5.41) is 43.2. The molecule has 0 heterocycles. The predicted molar refractivity (Wildman–Crippen MR) is 96.9 cm³/mol. The number of para-hydroxylation sites is 1. The summed E-state index contributed by atoms with van der Waals surface area (Å²) >= 11 is 0. The molecule has 0 aliphatic carbocycles. The van der Waals surface area contributed by atoms with Gasteiger partial charge in [-0.25, -0.2) is 5.43 Å². The van der Waals surface area contributed by atoms with Crippen molar-refractivity contribution in [3.63, 3.8) is 0 Å². The Bertz CT molecular complexity index is 799. The number of phenolic OH excluding ortho intramolecular Hbond substituents is 1. The maximum Gasteiger partial charge on any atom is 2.00 e. The third-order valence-electron chi connectivity index (χ3n) is 2.66. The van der Waals surface area contributed by atoms with Gasteiger partial charge in [0.2, 0.25) is 0 Å². The normalized spacial score (nSPS) is 8.86. The van der Waals surface area contributed by atoms with E-state index in [1.54, 1.807) is 42.5 Å². The van der Waals surface area contributed by atoms with Crippen molar-refractivity contribution >= 4 is 12.1 Å². The van der Waals surface area contributed by atoms with Crippen molar-refractivity contribution in [2.45, 2.75) is 0 Å². The molecular formula is C15H14CdN4O9. The minimum absolute atomic E-state index is 0. The molecule has 150 valence electrons. The fraction of sp³-hybridized carbons (Fsp3) is 0.0667. The Morgan fingerprint density at radius 1 is 1.03 bits per heavy atom. The summed E-state index contributed by atoms with van der Waals surface area (Å²) in [5.74, 6) is 0.0141. The van der Waals surface area contributed by atoms with E-state index in [-0.39, 0.29) is 39.0 Å². The topological polar surface area (TPSA) is 203 Å². The molecule has 0 atom stereocenters. The number of hydrogen-bond donors (Lipinski definition) is 2. The number of carbonyl (C=O) groups is 1. The van der Waals surface area contributed by atoms with Crippen LogP contribution in [0.15, 0.2) is 53.6 Å². The number of methoxy groups -OCH3 is 1. The number of ether oxygens (including phenoxy) is 1. The molecule has 0 aliphatic rings. The zero-order valence-electron chi connectivity index (χ0n) is 15.0. The van der Waals surface area contributed by atoms with Crippen molar-refractivity contribution in [3.8, 4) is 11.5 Å². The van der Waals surface area contributed by atoms with Crippen molar-refractivity contribution in [1.29, 1.82) is 0 Å². The first-order chi connectivity index (χ1) is 13.2. The van der Waals surface area contributed by atoms with Crippen LogP contribution in [-0.4, -0.2) is 34.5 Å². The van der Waals surface area contributed by atoms with Crippen LogP contribution in [0.4, 0.5) is 0 Å².